The van der Waals surface area contributed by atoms with Crippen LogP contribution in [0, 0.1) is 5.92 Å². The van der Waals surface area contributed by atoms with Crippen molar-refractivity contribution in [1.82, 2.24) is 15.5 Å². The lowest BCUT2D eigenvalue weighted by atomic mass is 9.96. The Hall–Kier alpha value is -3.55. The summed E-state index contributed by atoms with van der Waals surface area (Å²) < 4.78 is 11.0. The summed E-state index contributed by atoms with van der Waals surface area (Å²) in [7, 11) is 0. The second-order valence-electron chi connectivity index (χ2n) is 11.0. The molecular weight excluding hydrogens is 482 g/mol. The van der Waals surface area contributed by atoms with Crippen LogP contribution in [0.1, 0.15) is 63.5 Å². The fourth-order valence-corrected chi connectivity index (χ4v) is 5.12. The molecule has 2 aromatic rings. The van der Waals surface area contributed by atoms with Crippen LogP contribution in [0.2, 0.25) is 0 Å². The van der Waals surface area contributed by atoms with Gasteiger partial charge in [-0.25, -0.2) is 9.59 Å². The topological polar surface area (TPSA) is 97.0 Å². The van der Waals surface area contributed by atoms with Gasteiger partial charge >= 0.3 is 12.2 Å². The number of fused-ring (bicyclic) bond motifs is 3. The van der Waals surface area contributed by atoms with Gasteiger partial charge in [0.05, 0.1) is 0 Å². The van der Waals surface area contributed by atoms with Crippen LogP contribution in [0.25, 0.3) is 11.1 Å². The van der Waals surface area contributed by atoms with Crippen molar-refractivity contribution in [3.8, 4) is 11.1 Å². The van der Waals surface area contributed by atoms with Crippen molar-refractivity contribution in [1.29, 1.82) is 0 Å². The largest absolute Gasteiger partial charge is 0.448 e. The molecule has 3 amide bonds. The molecule has 1 fully saturated rings. The highest BCUT2D eigenvalue weighted by Gasteiger charge is 2.31. The SMILES string of the molecule is CC(C)(C)OC(=O)NCCCCNC(=O)C1CCN(C(=O)OCC2c3ccccc3-c3ccccc32)CC1. The van der Waals surface area contributed by atoms with Crippen molar-refractivity contribution in [3.63, 3.8) is 0 Å². The van der Waals surface area contributed by atoms with Crippen molar-refractivity contribution in [2.45, 2.75) is 58.0 Å². The van der Waals surface area contributed by atoms with Crippen LogP contribution >= 0.6 is 0 Å². The van der Waals surface area contributed by atoms with Gasteiger partial charge in [-0.1, -0.05) is 48.5 Å². The van der Waals surface area contributed by atoms with Crippen molar-refractivity contribution >= 4 is 18.1 Å². The quantitative estimate of drug-likeness (QED) is 0.473. The molecule has 0 unspecified atom stereocenters. The number of hydrogen-bond donors (Lipinski definition) is 2. The van der Waals surface area contributed by atoms with Gasteiger partial charge in [-0.05, 0) is 68.7 Å². The number of likely N-dealkylation sites (tertiary alicyclic amines) is 1. The van der Waals surface area contributed by atoms with E-state index in [1.54, 1.807) is 4.90 Å². The van der Waals surface area contributed by atoms with Crippen LogP contribution in [-0.2, 0) is 14.3 Å². The summed E-state index contributed by atoms with van der Waals surface area (Å²) in [5, 5.41) is 5.71. The van der Waals surface area contributed by atoms with Gasteiger partial charge < -0.3 is 25.0 Å². The summed E-state index contributed by atoms with van der Waals surface area (Å²) in [4.78, 5) is 38.7. The molecule has 1 aliphatic carbocycles. The number of unbranched alkanes of at least 4 members (excludes halogenated alkanes) is 1. The number of piperidine rings is 1. The molecule has 8 heteroatoms. The smallest absolute Gasteiger partial charge is 0.409 e. The zero-order valence-electron chi connectivity index (χ0n) is 22.6. The third-order valence-electron chi connectivity index (χ3n) is 7.03. The maximum atomic E-state index is 12.8. The Labute approximate surface area is 225 Å². The maximum absolute atomic E-state index is 12.8. The second-order valence-corrected chi connectivity index (χ2v) is 11.0. The van der Waals surface area contributed by atoms with Gasteiger partial charge in [0.2, 0.25) is 5.91 Å². The molecule has 1 heterocycles. The summed E-state index contributed by atoms with van der Waals surface area (Å²) in [5.41, 5.74) is 4.28. The Balaban J connectivity index is 1.14. The number of amides is 3. The Morgan fingerprint density at radius 2 is 1.42 bits per heavy atom. The summed E-state index contributed by atoms with van der Waals surface area (Å²) in [6.45, 7) is 7.85. The first-order valence-corrected chi connectivity index (χ1v) is 13.6. The zero-order valence-corrected chi connectivity index (χ0v) is 22.6. The number of hydrogen-bond acceptors (Lipinski definition) is 5. The Morgan fingerprint density at radius 3 is 2.00 bits per heavy atom. The minimum Gasteiger partial charge on any atom is -0.448 e. The first-order chi connectivity index (χ1) is 18.2. The van der Waals surface area contributed by atoms with Crippen LogP contribution in [0.5, 0.6) is 0 Å². The molecule has 204 valence electrons. The Kier molecular flexibility index (Phi) is 8.92. The van der Waals surface area contributed by atoms with Crippen molar-refractivity contribution < 1.29 is 23.9 Å². The van der Waals surface area contributed by atoms with Crippen LogP contribution in [0.3, 0.4) is 0 Å². The van der Waals surface area contributed by atoms with Gasteiger partial charge in [-0.2, -0.15) is 0 Å². The minimum absolute atomic E-state index is 0.0253. The highest BCUT2D eigenvalue weighted by Crippen LogP contribution is 2.44. The van der Waals surface area contributed by atoms with Gasteiger partial charge in [0.1, 0.15) is 12.2 Å². The number of rotatable bonds is 8. The first kappa shape index (κ1) is 27.5. The molecule has 0 spiro atoms. The number of benzene rings is 2. The first-order valence-electron chi connectivity index (χ1n) is 13.6. The lowest BCUT2D eigenvalue weighted by molar-refractivity contribution is -0.126. The van der Waals surface area contributed by atoms with Crippen molar-refractivity contribution in [3.05, 3.63) is 59.7 Å². The number of nitrogens with zero attached hydrogens (tertiary/aromatic N) is 1. The third kappa shape index (κ3) is 7.05. The summed E-state index contributed by atoms with van der Waals surface area (Å²) in [5.74, 6) is -0.0428. The van der Waals surface area contributed by atoms with E-state index in [1.807, 2.05) is 45.0 Å². The van der Waals surface area contributed by atoms with E-state index in [-0.39, 0.29) is 23.8 Å². The molecule has 0 aromatic heterocycles. The van der Waals surface area contributed by atoms with E-state index in [1.165, 1.54) is 22.3 Å². The van der Waals surface area contributed by atoms with Gasteiger partial charge in [0.25, 0.3) is 0 Å². The van der Waals surface area contributed by atoms with Crippen LogP contribution < -0.4 is 10.6 Å². The molecule has 1 saturated heterocycles. The number of ether oxygens (including phenoxy) is 2. The Bertz CT molecular complexity index is 1090. The number of carbonyl (C=O) groups is 3. The predicted octanol–water partition coefficient (Wildman–Crippen LogP) is 5.07. The highest BCUT2D eigenvalue weighted by molar-refractivity contribution is 5.80. The second kappa shape index (κ2) is 12.3. The number of carbonyl (C=O) groups excluding carboxylic acids is 3. The molecule has 0 atom stereocenters. The zero-order chi connectivity index (χ0) is 27.1. The maximum Gasteiger partial charge on any atom is 0.409 e. The Morgan fingerprint density at radius 1 is 0.868 bits per heavy atom. The van der Waals surface area contributed by atoms with Gasteiger partial charge in [0, 0.05) is 38.0 Å². The molecule has 38 heavy (non-hydrogen) atoms. The van der Waals surface area contributed by atoms with E-state index in [0.29, 0.717) is 45.6 Å². The lowest BCUT2D eigenvalue weighted by Gasteiger charge is -2.31. The fraction of sp³-hybridized carbons (Fsp3) is 0.500. The van der Waals surface area contributed by atoms with E-state index in [4.69, 9.17) is 9.47 Å². The molecule has 2 N–H and O–H groups in total. The fourth-order valence-electron chi connectivity index (χ4n) is 5.12. The van der Waals surface area contributed by atoms with E-state index >= 15 is 0 Å². The van der Waals surface area contributed by atoms with Gasteiger partial charge in [0.15, 0.2) is 0 Å². The van der Waals surface area contributed by atoms with E-state index < -0.39 is 11.7 Å². The lowest BCUT2D eigenvalue weighted by Crippen LogP contribution is -2.43. The van der Waals surface area contributed by atoms with Crippen LogP contribution in [-0.4, -0.2) is 61.4 Å². The highest BCUT2D eigenvalue weighted by atomic mass is 16.6. The molecule has 8 nitrogen and oxygen atoms in total. The number of alkyl carbamates (subject to hydrolysis) is 1. The summed E-state index contributed by atoms with van der Waals surface area (Å²) in [6.07, 6.45) is 2.01. The van der Waals surface area contributed by atoms with Gasteiger partial charge in [-0.15, -0.1) is 0 Å². The van der Waals surface area contributed by atoms with Crippen molar-refractivity contribution in [2.75, 3.05) is 32.8 Å². The number of nitrogens with one attached hydrogen (secondary N) is 2. The monoisotopic (exact) mass is 521 g/mol. The standard InChI is InChI=1S/C30H39N3O5/c1-30(2,3)38-28(35)32-17-9-8-16-31-27(34)21-14-18-33(19-15-21)29(36)37-20-26-24-12-6-4-10-22(24)23-11-5-7-13-25(23)26/h4-7,10-13,21,26H,8-9,14-20H2,1-3H3,(H,31,34)(H,32,35). The third-order valence-corrected chi connectivity index (χ3v) is 7.03. The van der Waals surface area contributed by atoms with E-state index in [0.717, 1.165) is 12.8 Å². The van der Waals surface area contributed by atoms with Crippen molar-refractivity contribution in [2.24, 2.45) is 5.92 Å². The van der Waals surface area contributed by atoms with Gasteiger partial charge in [-0.3, -0.25) is 4.79 Å². The van der Waals surface area contributed by atoms with E-state index in [2.05, 4.69) is 34.9 Å². The molecule has 0 radical (unpaired) electrons. The summed E-state index contributed by atoms with van der Waals surface area (Å²) >= 11 is 0. The molecule has 0 saturated carbocycles. The average Bonchev–Trinajstić information content (AvgIpc) is 3.22. The van der Waals surface area contributed by atoms with E-state index in [9.17, 15) is 14.4 Å². The minimum atomic E-state index is -0.515. The predicted molar refractivity (Wildman–Crippen MR) is 146 cm³/mol. The van der Waals surface area contributed by atoms with Crippen LogP contribution in [0.4, 0.5) is 9.59 Å². The summed E-state index contributed by atoms with van der Waals surface area (Å²) in [6, 6.07) is 16.6. The average molecular weight is 522 g/mol. The normalized spacial score (nSPS) is 15.4. The molecule has 2 aromatic carbocycles. The molecule has 1 aliphatic heterocycles. The molecular formula is C30H39N3O5. The molecule has 4 rings (SSSR count). The van der Waals surface area contributed by atoms with Crippen LogP contribution in [0.15, 0.2) is 48.5 Å². The molecule has 0 bridgehead atoms. The molecule has 2 aliphatic rings.